The molecule has 2 heterocycles. The molecule has 1 aliphatic heterocycles. The van der Waals surface area contributed by atoms with E-state index in [0.717, 1.165) is 16.1 Å². The number of hydrogen-bond donors (Lipinski definition) is 0. The number of carbonyl (C=O) groups excluding carboxylic acids is 2. The maximum Gasteiger partial charge on any atom is 0.338 e. The zero-order valence-electron chi connectivity index (χ0n) is 16.6. The van der Waals surface area contributed by atoms with Crippen LogP contribution in [0.15, 0.2) is 45.9 Å². The number of nitrogens with zero attached hydrogens (tertiary/aromatic N) is 3. The van der Waals surface area contributed by atoms with Gasteiger partial charge in [0.25, 0.3) is 0 Å². The number of aromatic nitrogens is 1. The van der Waals surface area contributed by atoms with Gasteiger partial charge in [-0.3, -0.25) is 14.7 Å². The van der Waals surface area contributed by atoms with Crippen molar-refractivity contribution in [1.29, 1.82) is 0 Å². The van der Waals surface area contributed by atoms with Gasteiger partial charge >= 0.3 is 5.97 Å². The van der Waals surface area contributed by atoms with Crippen molar-refractivity contribution in [2.24, 2.45) is 4.99 Å². The van der Waals surface area contributed by atoms with Gasteiger partial charge in [0.15, 0.2) is 5.84 Å². The number of esters is 1. The highest BCUT2D eigenvalue weighted by Crippen LogP contribution is 2.36. The Morgan fingerprint density at radius 1 is 1.25 bits per heavy atom. The van der Waals surface area contributed by atoms with Gasteiger partial charge in [0.2, 0.25) is 5.91 Å². The maximum absolute atomic E-state index is 12.8. The number of amides is 1. The summed E-state index contributed by atoms with van der Waals surface area (Å²) in [5.41, 5.74) is 3.45. The third-order valence-electron chi connectivity index (χ3n) is 4.48. The van der Waals surface area contributed by atoms with Gasteiger partial charge in [-0.15, -0.1) is 11.3 Å². The lowest BCUT2D eigenvalue weighted by Gasteiger charge is -2.32. The molecular weight excluding hydrogens is 374 g/mol. The van der Waals surface area contributed by atoms with E-state index in [4.69, 9.17) is 9.73 Å². The molecule has 28 heavy (non-hydrogen) atoms. The monoisotopic (exact) mass is 397 g/mol. The van der Waals surface area contributed by atoms with Crippen LogP contribution in [-0.4, -0.2) is 34.2 Å². The fourth-order valence-corrected chi connectivity index (χ4v) is 3.89. The van der Waals surface area contributed by atoms with E-state index in [1.165, 1.54) is 23.2 Å². The highest BCUT2D eigenvalue weighted by molar-refractivity contribution is 7.09. The van der Waals surface area contributed by atoms with Gasteiger partial charge in [-0.1, -0.05) is 29.8 Å². The van der Waals surface area contributed by atoms with E-state index in [2.05, 4.69) is 4.98 Å². The molecule has 0 radical (unpaired) electrons. The average Bonchev–Trinajstić information content (AvgIpc) is 3.06. The van der Waals surface area contributed by atoms with Gasteiger partial charge in [-0.2, -0.15) is 0 Å². The Labute approximate surface area is 168 Å². The SMILES string of the molecule is CCOC(=O)C1=C(C)N(C(C)=O)C(c2csc(C)n2)=N[C@@H]1c1cccc(C)c1. The highest BCUT2D eigenvalue weighted by atomic mass is 32.1. The minimum atomic E-state index is -0.563. The van der Waals surface area contributed by atoms with E-state index in [9.17, 15) is 9.59 Å². The summed E-state index contributed by atoms with van der Waals surface area (Å²) in [6.07, 6.45) is 0. The number of carbonyl (C=O) groups is 2. The van der Waals surface area contributed by atoms with Crippen LogP contribution in [0.4, 0.5) is 0 Å². The summed E-state index contributed by atoms with van der Waals surface area (Å²) in [5, 5.41) is 2.76. The minimum Gasteiger partial charge on any atom is -0.463 e. The number of ether oxygens (including phenoxy) is 1. The Morgan fingerprint density at radius 3 is 2.57 bits per heavy atom. The molecule has 2 aromatic rings. The zero-order valence-corrected chi connectivity index (χ0v) is 17.5. The molecule has 0 spiro atoms. The molecule has 1 aromatic heterocycles. The van der Waals surface area contributed by atoms with Crippen LogP contribution in [0.2, 0.25) is 0 Å². The zero-order chi connectivity index (χ0) is 20.4. The molecule has 146 valence electrons. The van der Waals surface area contributed by atoms with Crippen LogP contribution in [-0.2, 0) is 14.3 Å². The lowest BCUT2D eigenvalue weighted by atomic mass is 9.94. The molecule has 1 aliphatic rings. The number of thiazole rings is 1. The van der Waals surface area contributed by atoms with Crippen molar-refractivity contribution < 1.29 is 14.3 Å². The molecule has 0 saturated heterocycles. The normalized spacial score (nSPS) is 16.8. The van der Waals surface area contributed by atoms with Crippen molar-refractivity contribution in [3.63, 3.8) is 0 Å². The predicted molar refractivity (Wildman–Crippen MR) is 109 cm³/mol. The van der Waals surface area contributed by atoms with Gasteiger partial charge in [0.05, 0.1) is 17.2 Å². The Kier molecular flexibility index (Phi) is 5.74. The average molecular weight is 398 g/mol. The summed E-state index contributed by atoms with van der Waals surface area (Å²) in [4.78, 5) is 36.0. The first-order valence-corrected chi connectivity index (χ1v) is 9.96. The Hall–Kier alpha value is -2.80. The first kappa shape index (κ1) is 19.9. The Bertz CT molecular complexity index is 990. The maximum atomic E-state index is 12.8. The van der Waals surface area contributed by atoms with Crippen LogP contribution < -0.4 is 0 Å². The van der Waals surface area contributed by atoms with Crippen LogP contribution >= 0.6 is 11.3 Å². The third kappa shape index (κ3) is 3.75. The molecule has 0 aliphatic carbocycles. The standard InChI is InChI=1S/C21H23N3O3S/c1-6-27-21(26)18-13(3)24(15(5)25)20(17-11-28-14(4)22-17)23-19(18)16-9-7-8-12(2)10-16/h7-11,19H,6H2,1-5H3/t19-/m1/s1. The van der Waals surface area contributed by atoms with Crippen molar-refractivity contribution in [3.05, 3.63) is 62.7 Å². The molecule has 3 rings (SSSR count). The first-order valence-electron chi connectivity index (χ1n) is 9.09. The molecule has 7 heteroatoms. The Morgan fingerprint density at radius 2 is 2.00 bits per heavy atom. The number of aliphatic imine (C=N–C) groups is 1. The van der Waals surface area contributed by atoms with Crippen molar-refractivity contribution in [2.45, 2.75) is 40.7 Å². The van der Waals surface area contributed by atoms with Crippen molar-refractivity contribution in [3.8, 4) is 0 Å². The first-order chi connectivity index (χ1) is 13.3. The second kappa shape index (κ2) is 8.06. The summed E-state index contributed by atoms with van der Waals surface area (Å²) in [7, 11) is 0. The van der Waals surface area contributed by atoms with Crippen molar-refractivity contribution in [1.82, 2.24) is 9.88 Å². The highest BCUT2D eigenvalue weighted by Gasteiger charge is 2.36. The largest absolute Gasteiger partial charge is 0.463 e. The smallest absolute Gasteiger partial charge is 0.338 e. The molecule has 1 atom stereocenters. The quantitative estimate of drug-likeness (QED) is 0.733. The van der Waals surface area contributed by atoms with Crippen LogP contribution in [0.25, 0.3) is 0 Å². The molecule has 0 fully saturated rings. The second-order valence-electron chi connectivity index (χ2n) is 6.60. The number of allylic oxidation sites excluding steroid dienone is 1. The van der Waals surface area contributed by atoms with E-state index in [1.807, 2.05) is 43.5 Å². The van der Waals surface area contributed by atoms with Crippen LogP contribution in [0, 0.1) is 13.8 Å². The molecular formula is C21H23N3O3S. The van der Waals surface area contributed by atoms with Gasteiger partial charge < -0.3 is 4.74 Å². The second-order valence-corrected chi connectivity index (χ2v) is 7.66. The minimum absolute atomic E-state index is 0.230. The summed E-state index contributed by atoms with van der Waals surface area (Å²) < 4.78 is 5.29. The number of aryl methyl sites for hydroxylation is 2. The molecule has 0 unspecified atom stereocenters. The Balaban J connectivity index is 2.23. The number of amidine groups is 1. The predicted octanol–water partition coefficient (Wildman–Crippen LogP) is 3.95. The summed E-state index contributed by atoms with van der Waals surface area (Å²) in [6, 6.07) is 7.28. The van der Waals surface area contributed by atoms with Crippen LogP contribution in [0.1, 0.15) is 48.6 Å². The number of rotatable bonds is 4. The van der Waals surface area contributed by atoms with Crippen molar-refractivity contribution >= 4 is 29.0 Å². The van der Waals surface area contributed by atoms with Gasteiger partial charge in [0.1, 0.15) is 11.7 Å². The van der Waals surface area contributed by atoms with E-state index >= 15 is 0 Å². The number of benzene rings is 1. The van der Waals surface area contributed by atoms with Gasteiger partial charge in [-0.05, 0) is 33.3 Å². The van der Waals surface area contributed by atoms with E-state index < -0.39 is 12.0 Å². The topological polar surface area (TPSA) is 71.9 Å². The van der Waals surface area contributed by atoms with Crippen LogP contribution in [0.5, 0.6) is 0 Å². The van der Waals surface area contributed by atoms with Gasteiger partial charge in [-0.25, -0.2) is 9.78 Å². The molecule has 1 amide bonds. The molecule has 0 bridgehead atoms. The lowest BCUT2D eigenvalue weighted by molar-refractivity contribution is -0.139. The molecule has 1 aromatic carbocycles. The summed E-state index contributed by atoms with van der Waals surface area (Å²) in [6.45, 7) is 9.11. The van der Waals surface area contributed by atoms with E-state index in [1.54, 1.807) is 13.8 Å². The van der Waals surface area contributed by atoms with Crippen LogP contribution in [0.3, 0.4) is 0 Å². The van der Waals surface area contributed by atoms with Gasteiger partial charge in [0, 0.05) is 18.0 Å². The summed E-state index contributed by atoms with van der Waals surface area (Å²) >= 11 is 1.49. The lowest BCUT2D eigenvalue weighted by Crippen LogP contribution is -2.40. The summed E-state index contributed by atoms with van der Waals surface area (Å²) in [5.74, 6) is -0.240. The third-order valence-corrected chi connectivity index (χ3v) is 5.25. The molecule has 0 N–H and O–H groups in total. The van der Waals surface area contributed by atoms with Crippen molar-refractivity contribution in [2.75, 3.05) is 6.61 Å². The number of hydrogen-bond acceptors (Lipinski definition) is 6. The van der Waals surface area contributed by atoms with E-state index in [0.29, 0.717) is 22.8 Å². The fourth-order valence-electron chi connectivity index (χ4n) is 3.30. The molecule has 0 saturated carbocycles. The van der Waals surface area contributed by atoms with E-state index in [-0.39, 0.29) is 12.5 Å². The molecule has 6 nitrogen and oxygen atoms in total. The fraction of sp³-hybridized carbons (Fsp3) is 0.333.